The van der Waals surface area contributed by atoms with E-state index in [1.54, 1.807) is 0 Å². The maximum Gasteiger partial charge on any atom is 0.321 e. The summed E-state index contributed by atoms with van der Waals surface area (Å²) in [6.45, 7) is 25.1. The van der Waals surface area contributed by atoms with E-state index in [-0.39, 0.29) is 33.2 Å². The van der Waals surface area contributed by atoms with Gasteiger partial charge in [-0.05, 0) is 161 Å². The number of hydrogen-bond donors (Lipinski definition) is 3. The van der Waals surface area contributed by atoms with E-state index in [0.29, 0.717) is 38.5 Å². The molecule has 3 fully saturated rings. The Labute approximate surface area is 278 Å². The van der Waals surface area contributed by atoms with Crippen LogP contribution in [0.2, 0.25) is 0 Å². The fraction of sp³-hybridized carbons (Fsp3) is 0.917. The Morgan fingerprint density at radius 2 is 0.609 bits per heavy atom. The maximum absolute atomic E-state index is 13.7. The average Bonchev–Trinajstić information content (AvgIpc) is 2.83. The van der Waals surface area contributed by atoms with Crippen molar-refractivity contribution < 1.29 is 29.7 Å². The summed E-state index contributed by atoms with van der Waals surface area (Å²) in [6.07, 6.45) is 3.05. The van der Waals surface area contributed by atoms with Gasteiger partial charge in [0, 0.05) is 33.2 Å². The monoisotopic (exact) mass is 650 g/mol. The van der Waals surface area contributed by atoms with Gasteiger partial charge in [0.05, 0.1) is 0 Å². The van der Waals surface area contributed by atoms with Crippen LogP contribution < -0.4 is 0 Å². The van der Waals surface area contributed by atoms with E-state index in [4.69, 9.17) is 0 Å². The quantitative estimate of drug-likeness (QED) is 0.301. The Morgan fingerprint density at radius 1 is 0.457 bits per heavy atom. The Morgan fingerprint density at radius 3 is 0.739 bits per heavy atom. The molecule has 0 amide bonds. The van der Waals surface area contributed by atoms with Crippen LogP contribution in [0.25, 0.3) is 0 Å². The molecule has 3 N–H and O–H groups in total. The lowest BCUT2D eigenvalue weighted by molar-refractivity contribution is -0.176. The molecule has 0 aromatic carbocycles. The first-order valence-corrected chi connectivity index (χ1v) is 17.2. The molecule has 10 nitrogen and oxygen atoms in total. The summed E-state index contributed by atoms with van der Waals surface area (Å²) >= 11 is 0. The minimum atomic E-state index is -1.29. The van der Waals surface area contributed by atoms with E-state index in [2.05, 4.69) is 119 Å². The summed E-state index contributed by atoms with van der Waals surface area (Å²) in [7, 11) is 6.15. The number of carbonyl (C=O) groups is 3. The highest BCUT2D eigenvalue weighted by Crippen LogP contribution is 2.49. The number of hydrogen-bond acceptors (Lipinski definition) is 7. The zero-order valence-corrected chi connectivity index (χ0v) is 31.6. The van der Waals surface area contributed by atoms with Gasteiger partial charge in [-0.3, -0.25) is 34.0 Å². The molecular formula is C36H66N4O6. The van der Waals surface area contributed by atoms with Gasteiger partial charge < -0.3 is 15.3 Å². The predicted octanol–water partition coefficient (Wildman–Crippen LogP) is 5.35. The lowest BCUT2D eigenvalue weighted by Crippen LogP contribution is -2.70. The van der Waals surface area contributed by atoms with Gasteiger partial charge in [0.15, 0.2) is 0 Å². The van der Waals surface area contributed by atoms with Crippen molar-refractivity contribution in [3.8, 4) is 0 Å². The SMILES string of the molecule is CN1C(C)(C)CC(C(C(=O)O)N(C(C(=O)O)C2CC(C)(C)N(C)C(C)(C)C2)C(C(=O)O)C2CC(C)(C)N(C)C(C)(C)C2)CC1(C)C. The van der Waals surface area contributed by atoms with Crippen LogP contribution in [0.5, 0.6) is 0 Å². The van der Waals surface area contributed by atoms with Crippen molar-refractivity contribution in [3.05, 3.63) is 0 Å². The van der Waals surface area contributed by atoms with Crippen molar-refractivity contribution in [2.75, 3.05) is 21.1 Å². The number of rotatable bonds is 9. The third-order valence-corrected chi connectivity index (χ3v) is 13.1. The lowest BCUT2D eigenvalue weighted by Gasteiger charge is -2.59. The summed E-state index contributed by atoms with van der Waals surface area (Å²) in [5.74, 6) is -4.80. The molecule has 0 aliphatic carbocycles. The number of nitrogens with zero attached hydrogens (tertiary/aromatic N) is 4. The maximum atomic E-state index is 13.7. The molecule has 0 spiro atoms. The fourth-order valence-electron chi connectivity index (χ4n) is 10.3. The number of carboxylic acids is 3. The molecule has 0 radical (unpaired) electrons. The van der Waals surface area contributed by atoms with Crippen LogP contribution in [0.1, 0.15) is 122 Å². The summed E-state index contributed by atoms with van der Waals surface area (Å²) < 4.78 is 0. The molecule has 0 aromatic heterocycles. The molecule has 0 aromatic rings. The second-order valence-electron chi connectivity index (χ2n) is 18.9. The first-order chi connectivity index (χ1) is 20.5. The molecule has 10 heteroatoms. The van der Waals surface area contributed by atoms with E-state index in [0.717, 1.165) is 0 Å². The van der Waals surface area contributed by atoms with Gasteiger partial charge >= 0.3 is 17.9 Å². The molecule has 0 saturated carbocycles. The Bertz CT molecular complexity index is 980. The van der Waals surface area contributed by atoms with Crippen molar-refractivity contribution in [1.82, 2.24) is 19.6 Å². The van der Waals surface area contributed by atoms with Gasteiger partial charge in [0.2, 0.25) is 0 Å². The summed E-state index contributed by atoms with van der Waals surface area (Å²) in [5, 5.41) is 33.6. The first-order valence-electron chi connectivity index (χ1n) is 17.2. The van der Waals surface area contributed by atoms with Gasteiger partial charge in [-0.25, -0.2) is 0 Å². The van der Waals surface area contributed by atoms with Gasteiger partial charge in [-0.1, -0.05) is 0 Å². The van der Waals surface area contributed by atoms with E-state index in [9.17, 15) is 29.7 Å². The number of aliphatic carboxylic acids is 3. The molecular weight excluding hydrogens is 584 g/mol. The van der Waals surface area contributed by atoms with Crippen LogP contribution in [0.15, 0.2) is 0 Å². The van der Waals surface area contributed by atoms with Gasteiger partial charge in [0.25, 0.3) is 0 Å². The fourth-order valence-corrected chi connectivity index (χ4v) is 10.3. The lowest BCUT2D eigenvalue weighted by atomic mass is 9.67. The normalized spacial score (nSPS) is 29.2. The second-order valence-corrected chi connectivity index (χ2v) is 18.9. The average molecular weight is 651 g/mol. The highest BCUT2D eigenvalue weighted by molar-refractivity contribution is 5.82. The van der Waals surface area contributed by atoms with Crippen LogP contribution in [0.3, 0.4) is 0 Å². The van der Waals surface area contributed by atoms with Crippen molar-refractivity contribution in [1.29, 1.82) is 0 Å². The molecule has 3 atom stereocenters. The third kappa shape index (κ3) is 7.15. The van der Waals surface area contributed by atoms with Crippen molar-refractivity contribution >= 4 is 17.9 Å². The van der Waals surface area contributed by atoms with E-state index >= 15 is 0 Å². The van der Waals surface area contributed by atoms with Crippen molar-refractivity contribution in [2.45, 2.75) is 173 Å². The molecule has 46 heavy (non-hydrogen) atoms. The standard InChI is InChI=1S/C36H66N4O6/c1-31(2)16-22(17-32(3,4)37(31)13)25(28(41)42)40(26(29(43)44)23-18-33(5,6)38(14)34(7,8)19-23)27(30(45)46)24-20-35(9,10)39(15)36(11,12)21-24/h22-27H,16-21H2,1-15H3,(H,41,42)(H,43,44)(H,45,46). The molecule has 3 aliphatic rings. The van der Waals surface area contributed by atoms with E-state index in [1.807, 2.05) is 0 Å². The van der Waals surface area contributed by atoms with Gasteiger partial charge in [-0.15, -0.1) is 0 Å². The zero-order valence-electron chi connectivity index (χ0n) is 31.6. The highest BCUT2D eigenvalue weighted by atomic mass is 16.4. The Hall–Kier alpha value is -1.75. The topological polar surface area (TPSA) is 125 Å². The highest BCUT2D eigenvalue weighted by Gasteiger charge is 2.58. The Kier molecular flexibility index (Phi) is 10.3. The zero-order chi connectivity index (χ0) is 35.7. The van der Waals surface area contributed by atoms with E-state index in [1.165, 1.54) is 4.90 Å². The largest absolute Gasteiger partial charge is 0.480 e. The number of piperidine rings is 3. The molecule has 3 aliphatic heterocycles. The molecule has 3 unspecified atom stereocenters. The van der Waals surface area contributed by atoms with Crippen LogP contribution >= 0.6 is 0 Å². The molecule has 3 saturated heterocycles. The Balaban J connectivity index is 2.33. The van der Waals surface area contributed by atoms with Crippen molar-refractivity contribution in [3.63, 3.8) is 0 Å². The third-order valence-electron chi connectivity index (χ3n) is 13.1. The summed E-state index contributed by atoms with van der Waals surface area (Å²) in [4.78, 5) is 49.5. The first kappa shape index (κ1) is 38.7. The summed E-state index contributed by atoms with van der Waals surface area (Å²) in [5.41, 5.74) is -2.26. The van der Waals surface area contributed by atoms with Gasteiger partial charge in [-0.2, -0.15) is 0 Å². The minimum absolute atomic E-state index is 0.377. The molecule has 266 valence electrons. The summed E-state index contributed by atoms with van der Waals surface area (Å²) in [6, 6.07) is -3.86. The van der Waals surface area contributed by atoms with Crippen LogP contribution in [-0.4, -0.2) is 125 Å². The van der Waals surface area contributed by atoms with Crippen molar-refractivity contribution in [2.24, 2.45) is 17.8 Å². The van der Waals surface area contributed by atoms with Crippen LogP contribution in [0, 0.1) is 17.8 Å². The smallest absolute Gasteiger partial charge is 0.321 e. The van der Waals surface area contributed by atoms with E-state index < -0.39 is 53.8 Å². The second kappa shape index (κ2) is 12.3. The molecule has 3 rings (SSSR count). The van der Waals surface area contributed by atoms with Crippen LogP contribution in [-0.2, 0) is 14.4 Å². The van der Waals surface area contributed by atoms with Gasteiger partial charge in [0.1, 0.15) is 18.1 Å². The predicted molar refractivity (Wildman–Crippen MR) is 182 cm³/mol. The molecule has 3 heterocycles. The number of likely N-dealkylation sites (tertiary alicyclic amines) is 3. The molecule has 0 bridgehead atoms. The minimum Gasteiger partial charge on any atom is -0.480 e. The number of carboxylic acid groups (broad SMARTS) is 3. The van der Waals surface area contributed by atoms with Crippen LogP contribution in [0.4, 0.5) is 0 Å².